The zero-order valence-corrected chi connectivity index (χ0v) is 8.69. The maximum absolute atomic E-state index is 5.77. The fourth-order valence-electron chi connectivity index (χ4n) is 0.648. The lowest BCUT2D eigenvalue weighted by Crippen LogP contribution is -2.16. The van der Waals surface area contributed by atoms with Crippen molar-refractivity contribution in [3.8, 4) is 0 Å². The predicted octanol–water partition coefficient (Wildman–Crippen LogP) is 2.59. The van der Waals surface area contributed by atoms with E-state index in [1.54, 1.807) is 30.4 Å². The van der Waals surface area contributed by atoms with Crippen LogP contribution in [-0.4, -0.2) is 20.6 Å². The van der Waals surface area contributed by atoms with E-state index in [9.17, 15) is 0 Å². The van der Waals surface area contributed by atoms with Crippen LogP contribution in [0.2, 0.25) is 0 Å². The molecule has 0 aliphatic heterocycles. The quantitative estimate of drug-likeness (QED) is 0.557. The predicted molar refractivity (Wildman–Crippen MR) is 52.7 cm³/mol. The molecule has 0 saturated heterocycles. The van der Waals surface area contributed by atoms with Crippen molar-refractivity contribution in [3.63, 3.8) is 0 Å². The van der Waals surface area contributed by atoms with E-state index >= 15 is 0 Å². The highest BCUT2D eigenvalue weighted by molar-refractivity contribution is 8.00. The molecule has 1 aromatic heterocycles. The summed E-state index contributed by atoms with van der Waals surface area (Å²) in [5.41, 5.74) is 0. The number of hydrogen-bond donors (Lipinski definition) is 0. The van der Waals surface area contributed by atoms with Gasteiger partial charge in [0, 0.05) is 23.0 Å². The third kappa shape index (κ3) is 2.99. The topological polar surface area (TPSA) is 25.8 Å². The van der Waals surface area contributed by atoms with E-state index in [4.69, 9.17) is 11.6 Å². The Morgan fingerprint density at radius 2 is 2.25 bits per heavy atom. The van der Waals surface area contributed by atoms with Crippen molar-refractivity contribution in [1.82, 2.24) is 9.97 Å². The fraction of sp³-hybridized carbons (Fsp3) is 0.500. The molecule has 66 valence electrons. The van der Waals surface area contributed by atoms with Crippen molar-refractivity contribution in [1.29, 1.82) is 0 Å². The van der Waals surface area contributed by atoms with E-state index in [0.29, 0.717) is 5.88 Å². The molecule has 0 fully saturated rings. The van der Waals surface area contributed by atoms with E-state index < -0.39 is 0 Å². The van der Waals surface area contributed by atoms with Crippen LogP contribution in [0, 0.1) is 0 Å². The molecule has 1 aromatic rings. The molecule has 4 heteroatoms. The largest absolute Gasteiger partial charge is 0.260 e. The van der Waals surface area contributed by atoms with Gasteiger partial charge < -0.3 is 0 Å². The molecule has 0 saturated carbocycles. The van der Waals surface area contributed by atoms with Crippen LogP contribution in [0.5, 0.6) is 0 Å². The Labute approximate surface area is 81.8 Å². The first-order valence-corrected chi connectivity index (χ1v) is 5.00. The Morgan fingerprint density at radius 3 is 2.75 bits per heavy atom. The summed E-state index contributed by atoms with van der Waals surface area (Å²) in [6, 6.07) is 0. The van der Waals surface area contributed by atoms with Gasteiger partial charge >= 0.3 is 0 Å². The molecule has 0 unspecified atom stereocenters. The molecule has 2 nitrogen and oxygen atoms in total. The number of halogens is 1. The average molecular weight is 203 g/mol. The van der Waals surface area contributed by atoms with Gasteiger partial charge in [0.1, 0.15) is 5.03 Å². The highest BCUT2D eigenvalue weighted by Gasteiger charge is 2.18. The third-order valence-corrected chi connectivity index (χ3v) is 3.19. The molecular weight excluding hydrogens is 192 g/mol. The molecule has 0 bridgehead atoms. The molecule has 0 aromatic carbocycles. The number of alkyl halides is 1. The Morgan fingerprint density at radius 1 is 1.50 bits per heavy atom. The Balaban J connectivity index is 2.64. The first-order chi connectivity index (χ1) is 5.64. The number of nitrogens with zero attached hydrogens (tertiary/aromatic N) is 2. The van der Waals surface area contributed by atoms with Crippen molar-refractivity contribution < 1.29 is 0 Å². The normalized spacial score (nSPS) is 11.6. The van der Waals surface area contributed by atoms with Crippen molar-refractivity contribution in [3.05, 3.63) is 18.6 Å². The minimum absolute atomic E-state index is 0.0254. The van der Waals surface area contributed by atoms with Gasteiger partial charge in [-0.05, 0) is 13.8 Å². The monoisotopic (exact) mass is 202 g/mol. The van der Waals surface area contributed by atoms with Crippen LogP contribution in [-0.2, 0) is 0 Å². The van der Waals surface area contributed by atoms with Gasteiger partial charge in [-0.25, -0.2) is 4.98 Å². The molecule has 0 aliphatic rings. The van der Waals surface area contributed by atoms with Gasteiger partial charge in [0.25, 0.3) is 0 Å². The SMILES string of the molecule is CC(C)(CCl)Sc1cnccn1. The molecule has 0 radical (unpaired) electrons. The number of aromatic nitrogens is 2. The van der Waals surface area contributed by atoms with E-state index in [1.165, 1.54) is 0 Å². The second-order valence-corrected chi connectivity index (χ2v) is 5.03. The summed E-state index contributed by atoms with van der Waals surface area (Å²) in [6.07, 6.45) is 5.10. The van der Waals surface area contributed by atoms with Crippen molar-refractivity contribution in [2.24, 2.45) is 0 Å². The molecule has 0 atom stereocenters. The van der Waals surface area contributed by atoms with Gasteiger partial charge in [-0.2, -0.15) is 0 Å². The summed E-state index contributed by atoms with van der Waals surface area (Å²) < 4.78 is 0.0254. The summed E-state index contributed by atoms with van der Waals surface area (Å²) in [6.45, 7) is 4.17. The molecule has 12 heavy (non-hydrogen) atoms. The van der Waals surface area contributed by atoms with Gasteiger partial charge in [-0.3, -0.25) is 4.98 Å². The summed E-state index contributed by atoms with van der Waals surface area (Å²) in [5.74, 6) is 0.605. The van der Waals surface area contributed by atoms with Crippen LogP contribution in [0.1, 0.15) is 13.8 Å². The molecular formula is C8H11ClN2S. The van der Waals surface area contributed by atoms with Gasteiger partial charge in [-0.15, -0.1) is 11.6 Å². The Hall–Kier alpha value is -0.280. The number of rotatable bonds is 3. The van der Waals surface area contributed by atoms with Crippen LogP contribution >= 0.6 is 23.4 Å². The van der Waals surface area contributed by atoms with Gasteiger partial charge in [-0.1, -0.05) is 11.8 Å². The second-order valence-electron chi connectivity index (χ2n) is 3.04. The highest BCUT2D eigenvalue weighted by Crippen LogP contribution is 2.31. The van der Waals surface area contributed by atoms with Crippen LogP contribution in [0.15, 0.2) is 23.6 Å². The zero-order chi connectivity index (χ0) is 9.03. The highest BCUT2D eigenvalue weighted by atomic mass is 35.5. The van der Waals surface area contributed by atoms with Gasteiger partial charge in [0.2, 0.25) is 0 Å². The van der Waals surface area contributed by atoms with Gasteiger partial charge in [0.15, 0.2) is 0 Å². The smallest absolute Gasteiger partial charge is 0.115 e. The summed E-state index contributed by atoms with van der Waals surface area (Å²) >= 11 is 7.41. The number of hydrogen-bond acceptors (Lipinski definition) is 3. The van der Waals surface area contributed by atoms with Crippen LogP contribution in [0.3, 0.4) is 0 Å². The van der Waals surface area contributed by atoms with Crippen LogP contribution < -0.4 is 0 Å². The maximum Gasteiger partial charge on any atom is 0.115 e. The molecule has 0 spiro atoms. The summed E-state index contributed by atoms with van der Waals surface area (Å²) in [7, 11) is 0. The molecule has 1 heterocycles. The average Bonchev–Trinajstić information content (AvgIpc) is 2.06. The third-order valence-electron chi connectivity index (χ3n) is 1.24. The maximum atomic E-state index is 5.77. The zero-order valence-electron chi connectivity index (χ0n) is 7.12. The summed E-state index contributed by atoms with van der Waals surface area (Å²) in [5, 5.41) is 0.920. The molecule has 0 amide bonds. The molecule has 0 aliphatic carbocycles. The van der Waals surface area contributed by atoms with E-state index in [2.05, 4.69) is 23.8 Å². The van der Waals surface area contributed by atoms with E-state index in [-0.39, 0.29) is 4.75 Å². The fourth-order valence-corrected chi connectivity index (χ4v) is 1.66. The van der Waals surface area contributed by atoms with Crippen LogP contribution in [0.4, 0.5) is 0 Å². The Kier molecular flexibility index (Phi) is 3.35. The minimum atomic E-state index is 0.0254. The first kappa shape index (κ1) is 9.81. The first-order valence-electron chi connectivity index (χ1n) is 3.65. The number of thioether (sulfide) groups is 1. The standard InChI is InChI=1S/C8H11ClN2S/c1-8(2,6-9)12-7-5-10-3-4-11-7/h3-5H,6H2,1-2H3. The van der Waals surface area contributed by atoms with E-state index in [1.807, 2.05) is 0 Å². The van der Waals surface area contributed by atoms with Crippen molar-refractivity contribution in [2.45, 2.75) is 23.6 Å². The van der Waals surface area contributed by atoms with Gasteiger partial charge in [0.05, 0.1) is 6.20 Å². The lowest BCUT2D eigenvalue weighted by Gasteiger charge is -2.19. The van der Waals surface area contributed by atoms with Crippen molar-refractivity contribution in [2.75, 3.05) is 5.88 Å². The summed E-state index contributed by atoms with van der Waals surface area (Å²) in [4.78, 5) is 8.13. The second kappa shape index (κ2) is 4.10. The molecule has 0 N–H and O–H groups in total. The molecule has 1 rings (SSSR count). The van der Waals surface area contributed by atoms with Crippen molar-refractivity contribution >= 4 is 23.4 Å². The minimum Gasteiger partial charge on any atom is -0.260 e. The Bertz CT molecular complexity index is 238. The lowest BCUT2D eigenvalue weighted by atomic mass is 10.2. The van der Waals surface area contributed by atoms with E-state index in [0.717, 1.165) is 5.03 Å². The van der Waals surface area contributed by atoms with Crippen LogP contribution in [0.25, 0.3) is 0 Å². The lowest BCUT2D eigenvalue weighted by molar-refractivity contribution is 0.806.